The summed E-state index contributed by atoms with van der Waals surface area (Å²) in [7, 11) is -3.64. The first kappa shape index (κ1) is 21.4. The van der Waals surface area contributed by atoms with E-state index in [1.807, 2.05) is 19.9 Å². The average molecular weight is 455 g/mol. The molecule has 1 saturated heterocycles. The topological polar surface area (TPSA) is 103 Å². The van der Waals surface area contributed by atoms with Crippen LogP contribution >= 0.6 is 11.3 Å². The molecule has 0 atom stereocenters. The van der Waals surface area contributed by atoms with Crippen LogP contribution in [0.15, 0.2) is 41.3 Å². The first-order valence-corrected chi connectivity index (χ1v) is 12.2. The number of rotatable bonds is 4. The number of aromatic nitrogens is 1. The van der Waals surface area contributed by atoms with Gasteiger partial charge >= 0.3 is 0 Å². The summed E-state index contributed by atoms with van der Waals surface area (Å²) in [6, 6.07) is 12.0. The van der Waals surface area contributed by atoms with Crippen LogP contribution in [0.25, 0.3) is 10.2 Å². The number of hydrogen-bond acceptors (Lipinski definition) is 6. The smallest absolute Gasteiger partial charge is 0.243 e. The summed E-state index contributed by atoms with van der Waals surface area (Å²) in [5.41, 5.74) is 3.54. The van der Waals surface area contributed by atoms with Crippen LogP contribution in [-0.4, -0.2) is 36.7 Å². The van der Waals surface area contributed by atoms with Crippen molar-refractivity contribution in [3.05, 3.63) is 53.1 Å². The number of aryl methyl sites for hydroxylation is 2. The summed E-state index contributed by atoms with van der Waals surface area (Å²) < 4.78 is 28.1. The highest BCUT2D eigenvalue weighted by Gasteiger charge is 2.32. The van der Waals surface area contributed by atoms with E-state index >= 15 is 0 Å². The van der Waals surface area contributed by atoms with Crippen molar-refractivity contribution in [2.45, 2.75) is 31.6 Å². The van der Waals surface area contributed by atoms with Gasteiger partial charge in [-0.05, 0) is 68.1 Å². The van der Waals surface area contributed by atoms with Gasteiger partial charge in [-0.15, -0.1) is 0 Å². The monoisotopic (exact) mass is 454 g/mol. The minimum absolute atomic E-state index is 0.121. The van der Waals surface area contributed by atoms with Crippen LogP contribution in [0.3, 0.4) is 0 Å². The lowest BCUT2D eigenvalue weighted by Gasteiger charge is -2.30. The number of hydrogen-bond donors (Lipinski definition) is 1. The molecule has 7 nitrogen and oxygen atoms in total. The number of nitrogens with one attached hydrogen (secondary N) is 1. The van der Waals surface area contributed by atoms with Crippen LogP contribution in [0.5, 0.6) is 0 Å². The lowest BCUT2D eigenvalue weighted by Crippen LogP contribution is -2.41. The van der Waals surface area contributed by atoms with Gasteiger partial charge < -0.3 is 5.32 Å². The number of nitriles is 1. The number of piperidine rings is 1. The SMILES string of the molecule is Cc1cc(C)c2nc(NC(=O)C3CCN(S(=O)(=O)c4ccc(C#N)cc4)CC3)sc2c1. The summed E-state index contributed by atoms with van der Waals surface area (Å²) in [6.45, 7) is 4.59. The number of carbonyl (C=O) groups is 1. The zero-order valence-electron chi connectivity index (χ0n) is 17.3. The van der Waals surface area contributed by atoms with Crippen LogP contribution in [0.2, 0.25) is 0 Å². The molecule has 2 aromatic carbocycles. The first-order chi connectivity index (χ1) is 14.8. The summed E-state index contributed by atoms with van der Waals surface area (Å²) in [6.07, 6.45) is 0.898. The molecule has 0 radical (unpaired) electrons. The molecule has 9 heteroatoms. The second-order valence-electron chi connectivity index (χ2n) is 7.75. The minimum atomic E-state index is -3.64. The molecule has 0 aliphatic carbocycles. The summed E-state index contributed by atoms with van der Waals surface area (Å²) in [5.74, 6) is -0.383. The second kappa shape index (κ2) is 8.38. The summed E-state index contributed by atoms with van der Waals surface area (Å²) in [4.78, 5) is 17.5. The van der Waals surface area contributed by atoms with Crippen molar-refractivity contribution in [2.24, 2.45) is 5.92 Å². The van der Waals surface area contributed by atoms with Gasteiger partial charge in [-0.3, -0.25) is 4.79 Å². The molecular weight excluding hydrogens is 432 g/mol. The van der Waals surface area contributed by atoms with Crippen molar-refractivity contribution in [3.8, 4) is 6.07 Å². The molecule has 1 N–H and O–H groups in total. The van der Waals surface area contributed by atoms with Crippen LogP contribution in [0.1, 0.15) is 29.5 Å². The molecule has 0 saturated carbocycles. The number of thiazole rings is 1. The molecule has 1 aromatic heterocycles. The van der Waals surface area contributed by atoms with Gasteiger partial charge in [0.05, 0.1) is 26.7 Å². The van der Waals surface area contributed by atoms with E-state index in [1.54, 1.807) is 0 Å². The van der Waals surface area contributed by atoms with E-state index in [2.05, 4.69) is 22.4 Å². The number of fused-ring (bicyclic) bond motifs is 1. The number of nitrogens with zero attached hydrogens (tertiary/aromatic N) is 3. The van der Waals surface area contributed by atoms with Crippen molar-refractivity contribution in [1.29, 1.82) is 5.26 Å². The quantitative estimate of drug-likeness (QED) is 0.645. The van der Waals surface area contributed by atoms with Gasteiger partial charge in [0.2, 0.25) is 15.9 Å². The Labute approximate surface area is 185 Å². The molecule has 1 aliphatic rings. The predicted molar refractivity (Wildman–Crippen MR) is 120 cm³/mol. The number of sulfonamides is 1. The number of amides is 1. The van der Waals surface area contributed by atoms with Crippen molar-refractivity contribution >= 4 is 42.6 Å². The Kier molecular flexibility index (Phi) is 5.79. The molecule has 0 bridgehead atoms. The third kappa shape index (κ3) is 4.32. The largest absolute Gasteiger partial charge is 0.302 e. The normalized spacial score (nSPS) is 15.6. The number of benzene rings is 2. The summed E-state index contributed by atoms with van der Waals surface area (Å²) in [5, 5.41) is 12.4. The van der Waals surface area contributed by atoms with Crippen molar-refractivity contribution < 1.29 is 13.2 Å². The Morgan fingerprint density at radius 1 is 1.19 bits per heavy atom. The Balaban J connectivity index is 1.40. The maximum atomic E-state index is 12.8. The molecule has 4 rings (SSSR count). The minimum Gasteiger partial charge on any atom is -0.302 e. The zero-order chi connectivity index (χ0) is 22.2. The number of anilines is 1. The van der Waals surface area contributed by atoms with Crippen LogP contribution in [-0.2, 0) is 14.8 Å². The van der Waals surface area contributed by atoms with Crippen molar-refractivity contribution in [1.82, 2.24) is 9.29 Å². The Morgan fingerprint density at radius 3 is 2.52 bits per heavy atom. The van der Waals surface area contributed by atoms with Crippen molar-refractivity contribution in [3.63, 3.8) is 0 Å². The van der Waals surface area contributed by atoms with E-state index in [-0.39, 0.29) is 29.8 Å². The van der Waals surface area contributed by atoms with Crippen LogP contribution in [0, 0.1) is 31.1 Å². The van der Waals surface area contributed by atoms with Gasteiger partial charge in [-0.2, -0.15) is 9.57 Å². The third-order valence-electron chi connectivity index (χ3n) is 5.51. The molecule has 3 aromatic rings. The molecular formula is C22H22N4O3S2. The lowest BCUT2D eigenvalue weighted by atomic mass is 9.97. The van der Waals surface area contributed by atoms with Gasteiger partial charge in [-0.1, -0.05) is 17.4 Å². The zero-order valence-corrected chi connectivity index (χ0v) is 18.9. The van der Waals surface area contributed by atoms with E-state index in [4.69, 9.17) is 5.26 Å². The fourth-order valence-electron chi connectivity index (χ4n) is 3.84. The molecule has 1 aliphatic heterocycles. The first-order valence-electron chi connectivity index (χ1n) is 9.97. The van der Waals surface area contributed by atoms with Gasteiger partial charge in [0.1, 0.15) is 0 Å². The van der Waals surface area contributed by atoms with E-state index in [0.29, 0.717) is 23.5 Å². The molecule has 0 unspecified atom stereocenters. The Hall–Kier alpha value is -2.80. The second-order valence-corrected chi connectivity index (χ2v) is 10.7. The highest BCUT2D eigenvalue weighted by atomic mass is 32.2. The van der Waals surface area contributed by atoms with E-state index in [9.17, 15) is 13.2 Å². The average Bonchev–Trinajstić information content (AvgIpc) is 3.16. The Bertz CT molecular complexity index is 1280. The maximum absolute atomic E-state index is 12.8. The van der Waals surface area contributed by atoms with Gasteiger partial charge in [0.15, 0.2) is 5.13 Å². The fourth-order valence-corrected chi connectivity index (χ4v) is 6.36. The van der Waals surface area contributed by atoms with Crippen LogP contribution in [0.4, 0.5) is 5.13 Å². The molecule has 160 valence electrons. The summed E-state index contributed by atoms with van der Waals surface area (Å²) >= 11 is 1.45. The highest BCUT2D eigenvalue weighted by Crippen LogP contribution is 2.31. The molecule has 1 amide bonds. The maximum Gasteiger partial charge on any atom is 0.243 e. The Morgan fingerprint density at radius 2 is 1.87 bits per heavy atom. The lowest BCUT2D eigenvalue weighted by molar-refractivity contribution is -0.120. The van der Waals surface area contributed by atoms with Gasteiger partial charge in [0.25, 0.3) is 0 Å². The van der Waals surface area contributed by atoms with E-state index in [1.165, 1.54) is 39.9 Å². The highest BCUT2D eigenvalue weighted by molar-refractivity contribution is 7.89. The molecule has 0 spiro atoms. The van der Waals surface area contributed by atoms with E-state index < -0.39 is 10.0 Å². The predicted octanol–water partition coefficient (Wildman–Crippen LogP) is 3.82. The van der Waals surface area contributed by atoms with Crippen molar-refractivity contribution in [2.75, 3.05) is 18.4 Å². The fraction of sp³-hybridized carbons (Fsp3) is 0.318. The molecule has 31 heavy (non-hydrogen) atoms. The van der Waals surface area contributed by atoms with E-state index in [0.717, 1.165) is 21.3 Å². The third-order valence-corrected chi connectivity index (χ3v) is 8.34. The number of carbonyl (C=O) groups excluding carboxylic acids is 1. The molecule has 2 heterocycles. The van der Waals surface area contributed by atoms with Gasteiger partial charge in [-0.25, -0.2) is 13.4 Å². The molecule has 1 fully saturated rings. The van der Waals surface area contributed by atoms with Gasteiger partial charge in [0, 0.05) is 19.0 Å². The standard InChI is InChI=1S/C22H22N4O3S2/c1-14-11-15(2)20-19(12-14)30-22(24-20)25-21(27)17-7-9-26(10-8-17)31(28,29)18-5-3-16(13-23)4-6-18/h3-6,11-12,17H,7-10H2,1-2H3,(H,24,25,27). The van der Waals surface area contributed by atoms with Crippen LogP contribution < -0.4 is 5.32 Å².